The Kier molecular flexibility index (Phi) is 4.96. The van der Waals surface area contributed by atoms with Crippen molar-refractivity contribution in [3.05, 3.63) is 59.4 Å². The van der Waals surface area contributed by atoms with Crippen LogP contribution in [0.3, 0.4) is 0 Å². The van der Waals surface area contributed by atoms with Crippen LogP contribution in [-0.2, 0) is 0 Å². The number of nitrogens with one attached hydrogen (secondary N) is 1. The lowest BCUT2D eigenvalue weighted by atomic mass is 9.98. The molecule has 4 rings (SSSR count). The van der Waals surface area contributed by atoms with Crippen molar-refractivity contribution >= 4 is 22.4 Å². The lowest BCUT2D eigenvalue weighted by molar-refractivity contribution is 0.101. The van der Waals surface area contributed by atoms with Crippen LogP contribution in [0.4, 0.5) is 0 Å². The van der Waals surface area contributed by atoms with Crippen LogP contribution in [0.1, 0.15) is 41.3 Å². The number of aromatic nitrogens is 2. The molecular weight excluding hydrogens is 352 g/mol. The fourth-order valence-electron chi connectivity index (χ4n) is 3.74. The number of aromatic hydroxyl groups is 1. The molecule has 0 amide bonds. The van der Waals surface area contributed by atoms with Gasteiger partial charge in [0.1, 0.15) is 0 Å². The van der Waals surface area contributed by atoms with Crippen LogP contribution in [0, 0.1) is 0 Å². The smallest absolute Gasteiger partial charge is 0.199 e. The number of carbonyl (C=O) groups is 1. The number of piperidine rings is 1. The Balaban J connectivity index is 1.88. The van der Waals surface area contributed by atoms with Crippen molar-refractivity contribution in [2.75, 3.05) is 20.1 Å². The van der Waals surface area contributed by atoms with E-state index in [9.17, 15) is 9.90 Å². The van der Waals surface area contributed by atoms with Crippen molar-refractivity contribution in [1.29, 1.82) is 0 Å². The first-order chi connectivity index (χ1) is 13.5. The first-order valence-electron chi connectivity index (χ1n) is 9.55. The van der Waals surface area contributed by atoms with Gasteiger partial charge in [0, 0.05) is 34.4 Å². The summed E-state index contributed by atoms with van der Waals surface area (Å²) < 4.78 is 0. The van der Waals surface area contributed by atoms with E-state index >= 15 is 0 Å². The summed E-state index contributed by atoms with van der Waals surface area (Å²) in [7, 11) is 2.12. The van der Waals surface area contributed by atoms with Gasteiger partial charge in [-0.05, 0) is 70.2 Å². The van der Waals surface area contributed by atoms with Gasteiger partial charge in [-0.2, -0.15) is 0 Å². The SMILES string of the molecule is CC(=O)c1ccc2[nH]c(O)c(C(=NC3CCN(C)CC3)c3ccncc3)c2c1. The van der Waals surface area contributed by atoms with Crippen LogP contribution >= 0.6 is 0 Å². The van der Waals surface area contributed by atoms with Gasteiger partial charge in [0.25, 0.3) is 0 Å². The topological polar surface area (TPSA) is 81.6 Å². The van der Waals surface area contributed by atoms with Gasteiger partial charge in [-0.15, -0.1) is 0 Å². The molecule has 1 aromatic carbocycles. The predicted molar refractivity (Wildman–Crippen MR) is 110 cm³/mol. The molecule has 0 saturated carbocycles. The second-order valence-electron chi connectivity index (χ2n) is 7.41. The number of nitrogens with zero attached hydrogens (tertiary/aromatic N) is 3. The molecule has 0 atom stereocenters. The maximum absolute atomic E-state index is 11.9. The van der Waals surface area contributed by atoms with E-state index in [1.165, 1.54) is 0 Å². The fourth-order valence-corrected chi connectivity index (χ4v) is 3.74. The van der Waals surface area contributed by atoms with Gasteiger partial charge in [-0.25, -0.2) is 0 Å². The van der Waals surface area contributed by atoms with Gasteiger partial charge in [-0.1, -0.05) is 0 Å². The zero-order valence-corrected chi connectivity index (χ0v) is 16.1. The van der Waals surface area contributed by atoms with E-state index in [0.717, 1.165) is 48.1 Å². The molecule has 1 aliphatic rings. The third-order valence-electron chi connectivity index (χ3n) is 5.38. The van der Waals surface area contributed by atoms with E-state index < -0.39 is 0 Å². The second kappa shape index (κ2) is 7.56. The molecule has 1 saturated heterocycles. The van der Waals surface area contributed by atoms with E-state index in [0.29, 0.717) is 11.1 Å². The molecule has 28 heavy (non-hydrogen) atoms. The maximum atomic E-state index is 11.9. The molecule has 1 fully saturated rings. The van der Waals surface area contributed by atoms with Crippen LogP contribution < -0.4 is 0 Å². The first-order valence-corrected chi connectivity index (χ1v) is 9.55. The van der Waals surface area contributed by atoms with Gasteiger partial charge >= 0.3 is 0 Å². The number of hydrogen-bond acceptors (Lipinski definition) is 5. The molecule has 3 aromatic rings. The van der Waals surface area contributed by atoms with Crippen LogP contribution in [0.25, 0.3) is 10.9 Å². The zero-order valence-electron chi connectivity index (χ0n) is 16.1. The van der Waals surface area contributed by atoms with Crippen molar-refractivity contribution < 1.29 is 9.90 Å². The maximum Gasteiger partial charge on any atom is 0.199 e. The molecule has 0 spiro atoms. The molecule has 144 valence electrons. The van der Waals surface area contributed by atoms with Gasteiger partial charge in [0.05, 0.1) is 17.3 Å². The average molecular weight is 376 g/mol. The number of aliphatic imine (C=N–C) groups is 1. The van der Waals surface area contributed by atoms with Crippen molar-refractivity contribution in [1.82, 2.24) is 14.9 Å². The molecule has 2 aromatic heterocycles. The second-order valence-corrected chi connectivity index (χ2v) is 7.41. The van der Waals surface area contributed by atoms with E-state index in [-0.39, 0.29) is 17.7 Å². The number of rotatable bonds is 4. The Morgan fingerprint density at radius 1 is 1.18 bits per heavy atom. The fraction of sp³-hybridized carbons (Fsp3) is 0.318. The lowest BCUT2D eigenvalue weighted by Gasteiger charge is -2.27. The van der Waals surface area contributed by atoms with Gasteiger partial charge in [0.2, 0.25) is 0 Å². The number of hydrogen-bond donors (Lipinski definition) is 2. The average Bonchev–Trinajstić information content (AvgIpc) is 3.03. The Labute approximate surface area is 163 Å². The van der Waals surface area contributed by atoms with Crippen LogP contribution in [0.15, 0.2) is 47.7 Å². The van der Waals surface area contributed by atoms with Crippen molar-refractivity contribution in [3.8, 4) is 5.88 Å². The zero-order chi connectivity index (χ0) is 19.7. The highest BCUT2D eigenvalue weighted by atomic mass is 16.3. The largest absolute Gasteiger partial charge is 0.494 e. The molecule has 0 aliphatic carbocycles. The van der Waals surface area contributed by atoms with Crippen molar-refractivity contribution in [3.63, 3.8) is 0 Å². The Bertz CT molecular complexity index is 1030. The van der Waals surface area contributed by atoms with Crippen LogP contribution in [0.2, 0.25) is 0 Å². The summed E-state index contributed by atoms with van der Waals surface area (Å²) in [6.45, 7) is 3.56. The molecular formula is C22H24N4O2. The summed E-state index contributed by atoms with van der Waals surface area (Å²) in [4.78, 5) is 26.4. The van der Waals surface area contributed by atoms with Crippen molar-refractivity contribution in [2.45, 2.75) is 25.8 Å². The summed E-state index contributed by atoms with van der Waals surface area (Å²) in [5.74, 6) is 0.0606. The normalized spacial score (nSPS) is 16.6. The number of ketones is 1. The minimum atomic E-state index is -0.00810. The summed E-state index contributed by atoms with van der Waals surface area (Å²) in [6, 6.07) is 9.43. The Hall–Kier alpha value is -2.99. The van der Waals surface area contributed by atoms with E-state index in [1.54, 1.807) is 25.4 Å². The minimum absolute atomic E-state index is 0.00810. The number of Topliss-reactive ketones (excluding diaryl/α,β-unsaturated/α-hetero) is 1. The lowest BCUT2D eigenvalue weighted by Crippen LogP contribution is -2.32. The Morgan fingerprint density at radius 3 is 2.57 bits per heavy atom. The summed E-state index contributed by atoms with van der Waals surface area (Å²) in [5.41, 5.74) is 3.67. The van der Waals surface area contributed by atoms with E-state index in [4.69, 9.17) is 4.99 Å². The molecule has 2 N–H and O–H groups in total. The number of H-pyrrole nitrogens is 1. The third kappa shape index (κ3) is 3.55. The number of benzene rings is 1. The van der Waals surface area contributed by atoms with E-state index in [1.807, 2.05) is 24.3 Å². The quantitative estimate of drug-likeness (QED) is 0.540. The summed E-state index contributed by atoms with van der Waals surface area (Å²) >= 11 is 0. The highest BCUT2D eigenvalue weighted by Gasteiger charge is 2.22. The predicted octanol–water partition coefficient (Wildman–Crippen LogP) is 3.40. The number of aromatic amines is 1. The highest BCUT2D eigenvalue weighted by molar-refractivity contribution is 6.21. The van der Waals surface area contributed by atoms with E-state index in [2.05, 4.69) is 21.9 Å². The van der Waals surface area contributed by atoms with Crippen LogP contribution in [-0.4, -0.2) is 57.6 Å². The van der Waals surface area contributed by atoms with Gasteiger partial charge < -0.3 is 15.0 Å². The first kappa shape index (κ1) is 18.4. The highest BCUT2D eigenvalue weighted by Crippen LogP contribution is 2.31. The van der Waals surface area contributed by atoms with Crippen molar-refractivity contribution in [2.24, 2.45) is 4.99 Å². The number of likely N-dealkylation sites (tertiary alicyclic amines) is 1. The number of carbonyl (C=O) groups excluding carboxylic acids is 1. The third-order valence-corrected chi connectivity index (χ3v) is 5.38. The molecule has 6 nitrogen and oxygen atoms in total. The monoisotopic (exact) mass is 376 g/mol. The molecule has 3 heterocycles. The number of fused-ring (bicyclic) bond motifs is 1. The summed E-state index contributed by atoms with van der Waals surface area (Å²) in [6.07, 6.45) is 5.42. The molecule has 0 radical (unpaired) electrons. The summed E-state index contributed by atoms with van der Waals surface area (Å²) in [5, 5.41) is 11.5. The van der Waals surface area contributed by atoms with Crippen LogP contribution in [0.5, 0.6) is 5.88 Å². The molecule has 6 heteroatoms. The molecule has 0 bridgehead atoms. The standard InChI is InChI=1S/C22H24N4O2/c1-14(27)16-3-4-19-18(13-16)20(22(28)25-19)21(15-5-9-23-10-6-15)24-17-7-11-26(2)12-8-17/h3-6,9-10,13,17,25,28H,7-8,11-12H2,1-2H3. The Morgan fingerprint density at radius 2 is 1.89 bits per heavy atom. The minimum Gasteiger partial charge on any atom is -0.494 e. The van der Waals surface area contributed by atoms with Gasteiger partial charge in [-0.3, -0.25) is 14.8 Å². The number of pyridine rings is 1. The molecule has 1 aliphatic heterocycles. The molecule has 0 unspecified atom stereocenters. The van der Waals surface area contributed by atoms with Gasteiger partial charge in [0.15, 0.2) is 11.7 Å².